The number of carbonyl (C=O) groups excluding carboxylic acids is 3. The van der Waals surface area contributed by atoms with Crippen molar-refractivity contribution in [3.8, 4) is 16.9 Å². The van der Waals surface area contributed by atoms with Crippen LogP contribution in [0.3, 0.4) is 0 Å². The van der Waals surface area contributed by atoms with Gasteiger partial charge in [0.25, 0.3) is 5.56 Å². The Morgan fingerprint density at radius 2 is 1.75 bits per heavy atom. The maximum Gasteiger partial charge on any atom is 0.326 e. The molecule has 0 aliphatic rings. The van der Waals surface area contributed by atoms with Gasteiger partial charge >= 0.3 is 12.0 Å². The molecular weight excluding hydrogens is 462 g/mol. The number of Topliss-reactive ketones (excluding diaryl/α,β-unsaturated/α-hetero) is 1. The van der Waals surface area contributed by atoms with Crippen molar-refractivity contribution in [3.05, 3.63) is 76.2 Å². The highest BCUT2D eigenvalue weighted by molar-refractivity contribution is 6.01. The number of benzene rings is 2. The van der Waals surface area contributed by atoms with Crippen LogP contribution in [0.5, 0.6) is 5.75 Å². The number of aromatic nitrogens is 1. The number of pyridine rings is 1. The highest BCUT2D eigenvalue weighted by Gasteiger charge is 2.26. The molecule has 0 saturated heterocycles. The van der Waals surface area contributed by atoms with Crippen LogP contribution in [0.2, 0.25) is 0 Å². The number of ketones is 1. The first-order valence-electron chi connectivity index (χ1n) is 11.5. The third kappa shape index (κ3) is 5.80. The zero-order valence-electron chi connectivity index (χ0n) is 20.7. The van der Waals surface area contributed by atoms with Gasteiger partial charge in [-0.05, 0) is 50.1 Å². The zero-order valence-corrected chi connectivity index (χ0v) is 20.7. The summed E-state index contributed by atoms with van der Waals surface area (Å²) in [5.41, 5.74) is 1.90. The third-order valence-electron chi connectivity index (χ3n) is 5.55. The number of aromatic hydroxyl groups is 1. The van der Waals surface area contributed by atoms with E-state index in [0.717, 1.165) is 10.5 Å². The molecule has 2 amide bonds. The van der Waals surface area contributed by atoms with Gasteiger partial charge in [-0.25, -0.2) is 4.79 Å². The Morgan fingerprint density at radius 1 is 1.08 bits per heavy atom. The van der Waals surface area contributed by atoms with Crippen LogP contribution in [0.1, 0.15) is 36.2 Å². The van der Waals surface area contributed by atoms with Gasteiger partial charge in [0.05, 0.1) is 18.7 Å². The molecule has 2 N–H and O–H groups in total. The van der Waals surface area contributed by atoms with Crippen LogP contribution in [-0.2, 0) is 16.6 Å². The summed E-state index contributed by atoms with van der Waals surface area (Å²) in [4.78, 5) is 51.1. The fraction of sp³-hybridized carbons (Fsp3) is 0.259. The lowest BCUT2D eigenvalue weighted by Gasteiger charge is -2.25. The van der Waals surface area contributed by atoms with Crippen LogP contribution < -0.4 is 15.8 Å². The smallest absolute Gasteiger partial charge is 0.326 e. The summed E-state index contributed by atoms with van der Waals surface area (Å²) in [5.74, 6) is -0.877. The lowest BCUT2D eigenvalue weighted by molar-refractivity contribution is -0.142. The van der Waals surface area contributed by atoms with E-state index in [1.807, 2.05) is 12.1 Å². The lowest BCUT2D eigenvalue weighted by Crippen LogP contribution is -2.41. The van der Waals surface area contributed by atoms with Crippen LogP contribution in [-0.4, -0.2) is 40.6 Å². The van der Waals surface area contributed by atoms with E-state index in [2.05, 4.69) is 5.32 Å². The molecule has 1 aromatic heterocycles. The molecule has 2 aromatic carbocycles. The highest BCUT2D eigenvalue weighted by Crippen LogP contribution is 2.34. The molecule has 3 rings (SSSR count). The minimum absolute atomic E-state index is 0.0264. The summed E-state index contributed by atoms with van der Waals surface area (Å²) in [5, 5.41) is 13.4. The SMILES string of the molecule is CCOC(=O)CCNC(=O)N(c1cccc(-c2cccc(C(C)=O)c2)c1)c1c(O)c(C)cn(C)c1=O. The molecule has 188 valence electrons. The Balaban J connectivity index is 2.08. The number of amides is 2. The fourth-order valence-corrected chi connectivity index (χ4v) is 3.74. The number of anilines is 2. The number of esters is 1. The fourth-order valence-electron chi connectivity index (χ4n) is 3.74. The first kappa shape index (κ1) is 26.2. The first-order valence-corrected chi connectivity index (χ1v) is 11.5. The van der Waals surface area contributed by atoms with Crippen LogP contribution in [0.15, 0.2) is 59.5 Å². The Labute approximate surface area is 208 Å². The first-order chi connectivity index (χ1) is 17.1. The Bertz CT molecular complexity index is 1360. The summed E-state index contributed by atoms with van der Waals surface area (Å²) in [7, 11) is 1.53. The van der Waals surface area contributed by atoms with Gasteiger partial charge in [0, 0.05) is 30.9 Å². The van der Waals surface area contributed by atoms with E-state index in [1.165, 1.54) is 24.7 Å². The Kier molecular flexibility index (Phi) is 8.26. The van der Waals surface area contributed by atoms with Gasteiger partial charge in [-0.2, -0.15) is 0 Å². The number of nitrogens with zero attached hydrogens (tertiary/aromatic N) is 2. The van der Waals surface area contributed by atoms with Crippen molar-refractivity contribution in [1.29, 1.82) is 0 Å². The normalized spacial score (nSPS) is 10.6. The van der Waals surface area contributed by atoms with Gasteiger partial charge in [0.1, 0.15) is 5.75 Å². The topological polar surface area (TPSA) is 118 Å². The highest BCUT2D eigenvalue weighted by atomic mass is 16.5. The van der Waals surface area contributed by atoms with Crippen LogP contribution in [0, 0.1) is 6.92 Å². The summed E-state index contributed by atoms with van der Waals surface area (Å²) >= 11 is 0. The standard InChI is InChI=1S/C27H29N3O6/c1-5-36-23(32)12-13-28-27(35)30(24-25(33)17(2)16-29(4)26(24)34)22-11-7-10-21(15-22)20-9-6-8-19(14-20)18(3)31/h6-11,14-16,33H,5,12-13H2,1-4H3,(H,28,35). The van der Waals surface area contributed by atoms with Crippen LogP contribution >= 0.6 is 0 Å². The van der Waals surface area contributed by atoms with Gasteiger partial charge in [0.2, 0.25) is 0 Å². The number of hydrogen-bond donors (Lipinski definition) is 2. The van der Waals surface area contributed by atoms with Gasteiger partial charge in [-0.3, -0.25) is 19.3 Å². The number of urea groups is 1. The van der Waals surface area contributed by atoms with E-state index in [1.54, 1.807) is 50.2 Å². The predicted molar refractivity (Wildman–Crippen MR) is 137 cm³/mol. The molecule has 0 atom stereocenters. The minimum Gasteiger partial charge on any atom is -0.505 e. The molecule has 0 spiro atoms. The molecule has 9 nitrogen and oxygen atoms in total. The third-order valence-corrected chi connectivity index (χ3v) is 5.55. The summed E-state index contributed by atoms with van der Waals surface area (Å²) in [6.45, 7) is 4.99. The van der Waals surface area contributed by atoms with E-state index < -0.39 is 17.6 Å². The molecule has 0 aliphatic carbocycles. The monoisotopic (exact) mass is 491 g/mol. The van der Waals surface area contributed by atoms with E-state index in [9.17, 15) is 24.3 Å². The van der Waals surface area contributed by atoms with Gasteiger partial charge in [-0.15, -0.1) is 0 Å². The average molecular weight is 492 g/mol. The molecule has 0 radical (unpaired) electrons. The number of hydrogen-bond acceptors (Lipinski definition) is 6. The largest absolute Gasteiger partial charge is 0.505 e. The molecule has 0 aliphatic heterocycles. The van der Waals surface area contributed by atoms with Crippen molar-refractivity contribution < 1.29 is 24.2 Å². The van der Waals surface area contributed by atoms with Gasteiger partial charge < -0.3 is 19.7 Å². The summed E-state index contributed by atoms with van der Waals surface area (Å²) < 4.78 is 6.17. The second-order valence-corrected chi connectivity index (χ2v) is 8.24. The minimum atomic E-state index is -0.702. The van der Waals surface area contributed by atoms with Crippen molar-refractivity contribution in [1.82, 2.24) is 9.88 Å². The molecule has 0 fully saturated rings. The van der Waals surface area contributed by atoms with Crippen molar-refractivity contribution in [3.63, 3.8) is 0 Å². The number of rotatable bonds is 8. The zero-order chi connectivity index (χ0) is 26.4. The van der Waals surface area contributed by atoms with E-state index >= 15 is 0 Å². The Hall–Kier alpha value is -4.40. The van der Waals surface area contributed by atoms with E-state index in [-0.39, 0.29) is 36.8 Å². The molecule has 0 saturated carbocycles. The number of ether oxygens (including phenoxy) is 1. The van der Waals surface area contributed by atoms with Crippen molar-refractivity contribution in [2.24, 2.45) is 7.05 Å². The molecule has 0 unspecified atom stereocenters. The molecule has 0 bridgehead atoms. The van der Waals surface area contributed by atoms with Crippen molar-refractivity contribution in [2.75, 3.05) is 18.1 Å². The molecule has 3 aromatic rings. The van der Waals surface area contributed by atoms with E-state index in [4.69, 9.17) is 4.74 Å². The maximum atomic E-state index is 13.4. The van der Waals surface area contributed by atoms with Gasteiger partial charge in [-0.1, -0.05) is 30.3 Å². The quantitative estimate of drug-likeness (QED) is 0.362. The number of nitrogens with one attached hydrogen (secondary N) is 1. The second kappa shape index (κ2) is 11.4. The second-order valence-electron chi connectivity index (χ2n) is 8.24. The molecule has 1 heterocycles. The average Bonchev–Trinajstić information content (AvgIpc) is 2.85. The number of carbonyl (C=O) groups is 3. The van der Waals surface area contributed by atoms with Crippen molar-refractivity contribution >= 4 is 29.2 Å². The van der Waals surface area contributed by atoms with Crippen LogP contribution in [0.4, 0.5) is 16.2 Å². The lowest BCUT2D eigenvalue weighted by atomic mass is 10.0. The molecule has 36 heavy (non-hydrogen) atoms. The summed E-state index contributed by atoms with van der Waals surface area (Å²) in [6, 6.07) is 13.2. The maximum absolute atomic E-state index is 13.4. The van der Waals surface area contributed by atoms with E-state index in [0.29, 0.717) is 22.4 Å². The summed E-state index contributed by atoms with van der Waals surface area (Å²) in [6.07, 6.45) is 1.42. The van der Waals surface area contributed by atoms with Gasteiger partial charge in [0.15, 0.2) is 11.5 Å². The molecular formula is C27H29N3O6. The van der Waals surface area contributed by atoms with Crippen molar-refractivity contribution in [2.45, 2.75) is 27.2 Å². The Morgan fingerprint density at radius 3 is 2.42 bits per heavy atom. The van der Waals surface area contributed by atoms with Crippen LogP contribution in [0.25, 0.3) is 11.1 Å². The number of aryl methyl sites for hydroxylation is 2. The predicted octanol–water partition coefficient (Wildman–Crippen LogP) is 4.07. The molecule has 9 heteroatoms.